The van der Waals surface area contributed by atoms with Crippen molar-refractivity contribution in [2.45, 2.75) is 44.4 Å². The second-order valence-electron chi connectivity index (χ2n) is 5.94. The lowest BCUT2D eigenvalue weighted by molar-refractivity contribution is -0.131. The number of hydrogen-bond acceptors (Lipinski definition) is 3. The third-order valence-electron chi connectivity index (χ3n) is 4.30. The van der Waals surface area contributed by atoms with E-state index in [-0.39, 0.29) is 11.9 Å². The van der Waals surface area contributed by atoms with Crippen molar-refractivity contribution in [1.82, 2.24) is 4.90 Å². The molecule has 1 aliphatic rings. The minimum absolute atomic E-state index is 0.0842. The summed E-state index contributed by atoms with van der Waals surface area (Å²) in [6, 6.07) is 5.60. The number of sulfone groups is 1. The Morgan fingerprint density at radius 1 is 1.41 bits per heavy atom. The van der Waals surface area contributed by atoms with E-state index in [1.165, 1.54) is 25.1 Å². The molecular weight excluding hydrogens is 305 g/mol. The Bertz CT molecular complexity index is 645. The molecule has 0 aliphatic carbocycles. The fraction of sp³-hybridized carbons (Fsp3) is 0.562. The van der Waals surface area contributed by atoms with Gasteiger partial charge in [0.25, 0.3) is 0 Å². The van der Waals surface area contributed by atoms with Crippen LogP contribution in [0.5, 0.6) is 0 Å². The average molecular weight is 327 g/mol. The van der Waals surface area contributed by atoms with Crippen LogP contribution in [0.1, 0.15) is 43.9 Å². The molecule has 0 saturated carbocycles. The number of carbonyl (C=O) groups excluding carboxylic acids is 1. The first-order chi connectivity index (χ1) is 10.3. The predicted molar refractivity (Wildman–Crippen MR) is 83.6 cm³/mol. The number of hydrogen-bond donors (Lipinski definition) is 0. The average Bonchev–Trinajstić information content (AvgIpc) is 2.46. The molecule has 1 amide bonds. The van der Waals surface area contributed by atoms with Gasteiger partial charge < -0.3 is 4.90 Å². The molecule has 1 heterocycles. The fourth-order valence-corrected chi connectivity index (χ4v) is 4.14. The van der Waals surface area contributed by atoms with Crippen molar-refractivity contribution in [2.75, 3.05) is 12.3 Å². The number of benzene rings is 1. The van der Waals surface area contributed by atoms with Crippen molar-refractivity contribution >= 4 is 15.7 Å². The zero-order valence-electron chi connectivity index (χ0n) is 13.0. The van der Waals surface area contributed by atoms with E-state index in [0.717, 1.165) is 19.3 Å². The number of piperidine rings is 1. The van der Waals surface area contributed by atoms with Gasteiger partial charge >= 0.3 is 0 Å². The van der Waals surface area contributed by atoms with Crippen molar-refractivity contribution in [2.24, 2.45) is 0 Å². The van der Waals surface area contributed by atoms with Crippen LogP contribution >= 0.6 is 0 Å². The summed E-state index contributed by atoms with van der Waals surface area (Å²) in [5.74, 6) is -1.35. The van der Waals surface area contributed by atoms with Gasteiger partial charge in [0.05, 0.1) is 5.25 Å². The summed E-state index contributed by atoms with van der Waals surface area (Å²) in [4.78, 5) is 14.0. The highest BCUT2D eigenvalue weighted by atomic mass is 32.2. The maximum atomic E-state index is 13.3. The molecule has 4 nitrogen and oxygen atoms in total. The summed E-state index contributed by atoms with van der Waals surface area (Å²) in [5.41, 5.74) is 0.375. The molecule has 1 fully saturated rings. The molecular formula is C16H22FNO3S. The monoisotopic (exact) mass is 327 g/mol. The van der Waals surface area contributed by atoms with Gasteiger partial charge in [-0.1, -0.05) is 12.1 Å². The van der Waals surface area contributed by atoms with Crippen LogP contribution < -0.4 is 0 Å². The van der Waals surface area contributed by atoms with Crippen LogP contribution in [0.25, 0.3) is 0 Å². The van der Waals surface area contributed by atoms with Gasteiger partial charge in [-0.3, -0.25) is 4.79 Å². The summed E-state index contributed by atoms with van der Waals surface area (Å²) < 4.78 is 38.1. The Morgan fingerprint density at radius 2 is 2.14 bits per heavy atom. The van der Waals surface area contributed by atoms with Crippen molar-refractivity contribution in [3.05, 3.63) is 35.6 Å². The predicted octanol–water partition coefficient (Wildman–Crippen LogP) is 2.70. The smallest absolute Gasteiger partial charge is 0.238 e. The Kier molecular flexibility index (Phi) is 5.21. The van der Waals surface area contributed by atoms with E-state index in [4.69, 9.17) is 0 Å². The van der Waals surface area contributed by atoms with E-state index in [1.54, 1.807) is 11.0 Å². The Labute approximate surface area is 131 Å². The topological polar surface area (TPSA) is 54.5 Å². The van der Waals surface area contributed by atoms with Crippen LogP contribution in [0.2, 0.25) is 0 Å². The van der Waals surface area contributed by atoms with Gasteiger partial charge in [0.1, 0.15) is 11.6 Å². The van der Waals surface area contributed by atoms with Crippen LogP contribution in [-0.4, -0.2) is 37.6 Å². The van der Waals surface area contributed by atoms with E-state index >= 15 is 0 Å². The molecule has 2 atom stereocenters. The van der Waals surface area contributed by atoms with E-state index in [2.05, 4.69) is 0 Å². The molecule has 1 aliphatic heterocycles. The Morgan fingerprint density at radius 3 is 2.77 bits per heavy atom. The highest BCUT2D eigenvalue weighted by molar-refractivity contribution is 7.92. The summed E-state index contributed by atoms with van der Waals surface area (Å²) in [6.07, 6.45) is 2.89. The zero-order valence-corrected chi connectivity index (χ0v) is 13.8. The SMILES string of the molecule is C[C@H](c1cccc(F)c1)S(=O)(=O)CC(=O)N1CCCC[C@@H]1C. The second kappa shape index (κ2) is 6.77. The van der Waals surface area contributed by atoms with Crippen LogP contribution in [0.15, 0.2) is 24.3 Å². The number of rotatable bonds is 4. The maximum absolute atomic E-state index is 13.3. The highest BCUT2D eigenvalue weighted by Crippen LogP contribution is 2.24. The lowest BCUT2D eigenvalue weighted by Crippen LogP contribution is -2.45. The molecule has 0 N–H and O–H groups in total. The Balaban J connectivity index is 2.11. The molecule has 6 heteroatoms. The number of amides is 1. The normalized spacial score (nSPS) is 20.7. The number of nitrogens with zero attached hydrogens (tertiary/aromatic N) is 1. The van der Waals surface area contributed by atoms with Crippen LogP contribution in [0.4, 0.5) is 4.39 Å². The largest absolute Gasteiger partial charge is 0.339 e. The summed E-state index contributed by atoms with van der Waals surface area (Å²) in [6.45, 7) is 4.06. The quantitative estimate of drug-likeness (QED) is 0.854. The van der Waals surface area contributed by atoms with Gasteiger partial charge in [-0.25, -0.2) is 12.8 Å². The first-order valence-corrected chi connectivity index (χ1v) is 9.29. The molecule has 0 aromatic heterocycles. The van der Waals surface area contributed by atoms with Gasteiger partial charge in [0, 0.05) is 12.6 Å². The van der Waals surface area contributed by atoms with E-state index in [1.807, 2.05) is 6.92 Å². The summed E-state index contributed by atoms with van der Waals surface area (Å²) in [7, 11) is -3.66. The molecule has 1 aromatic rings. The van der Waals surface area contributed by atoms with E-state index in [0.29, 0.717) is 12.1 Å². The zero-order chi connectivity index (χ0) is 16.3. The fourth-order valence-electron chi connectivity index (χ4n) is 2.82. The van der Waals surface area contributed by atoms with Crippen LogP contribution in [-0.2, 0) is 14.6 Å². The molecule has 1 aromatic carbocycles. The number of halogens is 1. The van der Waals surface area contributed by atoms with E-state index < -0.39 is 26.7 Å². The van der Waals surface area contributed by atoms with Crippen molar-refractivity contribution in [3.8, 4) is 0 Å². The molecule has 0 unspecified atom stereocenters. The standard InChI is InChI=1S/C16H22FNO3S/c1-12-6-3-4-9-18(12)16(19)11-22(20,21)13(2)14-7-5-8-15(17)10-14/h5,7-8,10,12-13H,3-4,6,9,11H2,1-2H3/t12-,13+/m0/s1. The summed E-state index contributed by atoms with van der Waals surface area (Å²) in [5, 5.41) is -0.896. The first-order valence-electron chi connectivity index (χ1n) is 7.58. The molecule has 1 saturated heterocycles. The number of carbonyl (C=O) groups is 1. The van der Waals surface area contributed by atoms with Crippen molar-refractivity contribution < 1.29 is 17.6 Å². The lowest BCUT2D eigenvalue weighted by Gasteiger charge is -2.33. The maximum Gasteiger partial charge on any atom is 0.238 e. The third-order valence-corrected chi connectivity index (χ3v) is 6.30. The van der Waals surface area contributed by atoms with Gasteiger partial charge in [-0.2, -0.15) is 0 Å². The first kappa shape index (κ1) is 16.9. The van der Waals surface area contributed by atoms with Gasteiger partial charge in [0.2, 0.25) is 5.91 Å². The minimum atomic E-state index is -3.66. The van der Waals surface area contributed by atoms with Crippen LogP contribution in [0.3, 0.4) is 0 Å². The number of likely N-dealkylation sites (tertiary alicyclic amines) is 1. The van der Waals surface area contributed by atoms with Crippen molar-refractivity contribution in [3.63, 3.8) is 0 Å². The molecule has 122 valence electrons. The third kappa shape index (κ3) is 3.85. The highest BCUT2D eigenvalue weighted by Gasteiger charge is 2.31. The lowest BCUT2D eigenvalue weighted by atomic mass is 10.0. The van der Waals surface area contributed by atoms with E-state index in [9.17, 15) is 17.6 Å². The molecule has 0 spiro atoms. The molecule has 0 bridgehead atoms. The molecule has 22 heavy (non-hydrogen) atoms. The Hall–Kier alpha value is -1.43. The molecule has 2 rings (SSSR count). The second-order valence-corrected chi connectivity index (χ2v) is 8.26. The van der Waals surface area contributed by atoms with Crippen LogP contribution in [0, 0.1) is 5.82 Å². The van der Waals surface area contributed by atoms with Crippen molar-refractivity contribution in [1.29, 1.82) is 0 Å². The minimum Gasteiger partial charge on any atom is -0.339 e. The summed E-state index contributed by atoms with van der Waals surface area (Å²) >= 11 is 0. The van der Waals surface area contributed by atoms with Gasteiger partial charge in [-0.15, -0.1) is 0 Å². The van der Waals surface area contributed by atoms with Gasteiger partial charge in [0.15, 0.2) is 9.84 Å². The van der Waals surface area contributed by atoms with Gasteiger partial charge in [-0.05, 0) is 50.8 Å². The molecule has 0 radical (unpaired) electrons.